The van der Waals surface area contributed by atoms with E-state index in [-0.39, 0.29) is 37.3 Å². The summed E-state index contributed by atoms with van der Waals surface area (Å²) in [6, 6.07) is 9.72. The van der Waals surface area contributed by atoms with Gasteiger partial charge in [-0.05, 0) is 65.6 Å². The molecule has 0 unspecified atom stereocenters. The SMILES string of the molecule is CC1=C(CC(=O)NCCON=C(NC(=O)OC(C)(C)C)NC(=O)OC(C)(C)C)C(=O)N(NCc2ccccc2)CC1. The number of alkyl carbamates (subject to hydrolysis) is 2. The maximum atomic E-state index is 13.0. The molecule has 0 saturated heterocycles. The lowest BCUT2D eigenvalue weighted by Gasteiger charge is -2.30. The number of hydrazine groups is 1. The predicted octanol–water partition coefficient (Wildman–Crippen LogP) is 3.08. The first kappa shape index (κ1) is 33.1. The van der Waals surface area contributed by atoms with Gasteiger partial charge in [0.05, 0.1) is 13.0 Å². The van der Waals surface area contributed by atoms with Crippen molar-refractivity contribution in [2.45, 2.75) is 79.1 Å². The topological polar surface area (TPSA) is 160 Å². The van der Waals surface area contributed by atoms with Crippen LogP contribution >= 0.6 is 0 Å². The standard InChI is InChI=1S/C28H42N6O7/c1-19-13-15-34(30-18-20-11-9-8-10-12-20)23(36)21(19)17-22(35)29-14-16-39-33-24(31-25(37)40-27(2,3)4)32-26(38)41-28(5,6)7/h8-12,30H,13-18H2,1-7H3,(H,29,35)(H2,31,32,33,37,38). The van der Waals surface area contributed by atoms with E-state index in [0.717, 1.165) is 11.1 Å². The van der Waals surface area contributed by atoms with E-state index >= 15 is 0 Å². The molecule has 0 atom stereocenters. The van der Waals surface area contributed by atoms with Crippen molar-refractivity contribution in [2.24, 2.45) is 5.16 Å². The molecule has 0 aliphatic carbocycles. The second-order valence-electron chi connectivity index (χ2n) is 11.3. The number of nitrogens with one attached hydrogen (secondary N) is 4. The van der Waals surface area contributed by atoms with Gasteiger partial charge in [-0.1, -0.05) is 35.9 Å². The minimum atomic E-state index is -0.864. The summed E-state index contributed by atoms with van der Waals surface area (Å²) in [5.74, 6) is -0.938. The van der Waals surface area contributed by atoms with Crippen molar-refractivity contribution in [1.29, 1.82) is 0 Å². The second-order valence-corrected chi connectivity index (χ2v) is 11.3. The minimum Gasteiger partial charge on any atom is -0.444 e. The summed E-state index contributed by atoms with van der Waals surface area (Å²) in [5, 5.41) is 12.5. The number of ether oxygens (including phenoxy) is 2. The maximum absolute atomic E-state index is 13.0. The van der Waals surface area contributed by atoms with Crippen molar-refractivity contribution in [1.82, 2.24) is 26.4 Å². The first-order valence-electron chi connectivity index (χ1n) is 13.4. The third kappa shape index (κ3) is 13.2. The van der Waals surface area contributed by atoms with Crippen molar-refractivity contribution in [3.8, 4) is 0 Å². The van der Waals surface area contributed by atoms with Crippen LogP contribution in [0.15, 0.2) is 46.6 Å². The fourth-order valence-electron chi connectivity index (χ4n) is 3.48. The molecule has 0 fully saturated rings. The van der Waals surface area contributed by atoms with Crippen LogP contribution in [0.5, 0.6) is 0 Å². The number of hydrogen-bond donors (Lipinski definition) is 4. The molecule has 226 valence electrons. The highest BCUT2D eigenvalue weighted by Gasteiger charge is 2.27. The van der Waals surface area contributed by atoms with Gasteiger partial charge in [-0.25, -0.2) is 15.0 Å². The number of benzene rings is 1. The predicted molar refractivity (Wildman–Crippen MR) is 152 cm³/mol. The lowest BCUT2D eigenvalue weighted by atomic mass is 9.98. The molecule has 13 heteroatoms. The third-order valence-corrected chi connectivity index (χ3v) is 5.29. The fourth-order valence-corrected chi connectivity index (χ4v) is 3.48. The molecule has 1 aliphatic heterocycles. The van der Waals surface area contributed by atoms with Crippen LogP contribution in [0.2, 0.25) is 0 Å². The Balaban J connectivity index is 1.86. The molecule has 1 heterocycles. The van der Waals surface area contributed by atoms with Gasteiger partial charge < -0.3 is 19.6 Å². The molecule has 0 aromatic heterocycles. The largest absolute Gasteiger partial charge is 0.444 e. The summed E-state index contributed by atoms with van der Waals surface area (Å²) < 4.78 is 10.3. The van der Waals surface area contributed by atoms with E-state index in [2.05, 4.69) is 26.5 Å². The summed E-state index contributed by atoms with van der Waals surface area (Å²) in [5.41, 5.74) is 3.93. The van der Waals surface area contributed by atoms with Crippen LogP contribution in [-0.2, 0) is 30.4 Å². The van der Waals surface area contributed by atoms with Crippen LogP contribution in [0.3, 0.4) is 0 Å². The highest BCUT2D eigenvalue weighted by Crippen LogP contribution is 2.20. The van der Waals surface area contributed by atoms with Crippen LogP contribution in [-0.4, -0.2) is 65.9 Å². The molecule has 1 aromatic carbocycles. The first-order valence-corrected chi connectivity index (χ1v) is 13.4. The number of carbonyl (C=O) groups is 4. The number of oxime groups is 1. The number of guanidine groups is 1. The van der Waals surface area contributed by atoms with E-state index in [4.69, 9.17) is 14.3 Å². The molecule has 0 bridgehead atoms. The zero-order valence-corrected chi connectivity index (χ0v) is 24.9. The Kier molecular flexibility index (Phi) is 12.1. The van der Waals surface area contributed by atoms with Gasteiger partial charge in [0, 0.05) is 18.7 Å². The highest BCUT2D eigenvalue weighted by atomic mass is 16.6. The normalized spacial score (nSPS) is 13.7. The van der Waals surface area contributed by atoms with Crippen LogP contribution in [0.25, 0.3) is 0 Å². The number of carbonyl (C=O) groups excluding carboxylic acids is 4. The monoisotopic (exact) mass is 574 g/mol. The molecular formula is C28H42N6O7. The van der Waals surface area contributed by atoms with Gasteiger partial charge in [-0.15, -0.1) is 0 Å². The molecule has 41 heavy (non-hydrogen) atoms. The van der Waals surface area contributed by atoms with Crippen molar-refractivity contribution in [3.63, 3.8) is 0 Å². The smallest absolute Gasteiger partial charge is 0.414 e. The number of nitrogens with zero attached hydrogens (tertiary/aromatic N) is 2. The lowest BCUT2D eigenvalue weighted by molar-refractivity contribution is -0.133. The Bertz CT molecular complexity index is 1100. The third-order valence-electron chi connectivity index (χ3n) is 5.29. The fraction of sp³-hybridized carbons (Fsp3) is 0.536. The van der Waals surface area contributed by atoms with Gasteiger partial charge in [0.15, 0.2) is 0 Å². The van der Waals surface area contributed by atoms with Gasteiger partial charge >= 0.3 is 12.2 Å². The van der Waals surface area contributed by atoms with Crippen molar-refractivity contribution in [3.05, 3.63) is 47.0 Å². The van der Waals surface area contributed by atoms with Gasteiger partial charge in [0.25, 0.3) is 11.9 Å². The molecule has 13 nitrogen and oxygen atoms in total. The van der Waals surface area contributed by atoms with E-state index < -0.39 is 23.4 Å². The summed E-state index contributed by atoms with van der Waals surface area (Å²) in [6.45, 7) is 12.9. The van der Waals surface area contributed by atoms with Crippen LogP contribution in [0, 0.1) is 0 Å². The lowest BCUT2D eigenvalue weighted by Crippen LogP contribution is -2.47. The maximum Gasteiger partial charge on any atom is 0.414 e. The Hall–Kier alpha value is -4.13. The van der Waals surface area contributed by atoms with E-state index in [9.17, 15) is 19.2 Å². The van der Waals surface area contributed by atoms with Crippen molar-refractivity contribution < 1.29 is 33.5 Å². The van der Waals surface area contributed by atoms with E-state index in [0.29, 0.717) is 25.1 Å². The zero-order chi connectivity index (χ0) is 30.6. The molecular weight excluding hydrogens is 532 g/mol. The van der Waals surface area contributed by atoms with Gasteiger partial charge in [-0.3, -0.25) is 25.2 Å². The van der Waals surface area contributed by atoms with Gasteiger partial charge in [-0.2, -0.15) is 0 Å². The Labute approximate surface area is 241 Å². The number of rotatable bonds is 9. The summed E-state index contributed by atoms with van der Waals surface area (Å²) >= 11 is 0. The van der Waals surface area contributed by atoms with E-state index in [1.807, 2.05) is 37.3 Å². The molecule has 1 aromatic rings. The van der Waals surface area contributed by atoms with Crippen molar-refractivity contribution >= 4 is 30.0 Å². The molecule has 0 saturated carbocycles. The second kappa shape index (κ2) is 15.0. The van der Waals surface area contributed by atoms with Gasteiger partial charge in [0.2, 0.25) is 5.91 Å². The van der Waals surface area contributed by atoms with Crippen LogP contribution in [0.4, 0.5) is 9.59 Å². The Morgan fingerprint density at radius 1 is 0.951 bits per heavy atom. The summed E-state index contributed by atoms with van der Waals surface area (Å²) in [7, 11) is 0. The molecule has 0 spiro atoms. The van der Waals surface area contributed by atoms with Crippen molar-refractivity contribution in [2.75, 3.05) is 19.7 Å². The van der Waals surface area contributed by atoms with Crippen LogP contribution < -0.4 is 21.4 Å². The van der Waals surface area contributed by atoms with E-state index in [1.54, 1.807) is 41.5 Å². The first-order chi connectivity index (χ1) is 19.1. The molecule has 2 rings (SSSR count). The van der Waals surface area contributed by atoms with E-state index in [1.165, 1.54) is 5.01 Å². The average Bonchev–Trinajstić information content (AvgIpc) is 2.84. The number of hydrogen-bond acceptors (Lipinski definition) is 9. The quantitative estimate of drug-likeness (QED) is 0.152. The molecule has 4 amide bonds. The zero-order valence-electron chi connectivity index (χ0n) is 24.9. The highest BCUT2D eigenvalue weighted by molar-refractivity contribution is 6.01. The minimum absolute atomic E-state index is 0.0605. The Morgan fingerprint density at radius 2 is 1.54 bits per heavy atom. The molecule has 0 radical (unpaired) electrons. The number of amides is 4. The van der Waals surface area contributed by atoms with Crippen LogP contribution in [0.1, 0.15) is 66.9 Å². The molecule has 1 aliphatic rings. The molecule has 4 N–H and O–H groups in total. The summed E-state index contributed by atoms with van der Waals surface area (Å²) in [4.78, 5) is 55.0. The van der Waals surface area contributed by atoms with Gasteiger partial charge in [0.1, 0.15) is 17.8 Å². The Morgan fingerprint density at radius 3 is 2.10 bits per heavy atom. The summed E-state index contributed by atoms with van der Waals surface area (Å²) in [6.07, 6.45) is -1.15. The average molecular weight is 575 g/mol.